The fraction of sp³-hybridized carbons (Fsp3) is 0.0500. The van der Waals surface area contributed by atoms with Crippen LogP contribution in [0.1, 0.15) is 15.9 Å². The van der Waals surface area contributed by atoms with Gasteiger partial charge in [-0.2, -0.15) is 0 Å². The number of hydrogen-bond acceptors (Lipinski definition) is 1. The van der Waals surface area contributed by atoms with Gasteiger partial charge < -0.3 is 0 Å². The summed E-state index contributed by atoms with van der Waals surface area (Å²) in [4.78, 5) is 15.4. The molecule has 0 saturated carbocycles. The molecule has 0 aromatic heterocycles. The van der Waals surface area contributed by atoms with Crippen LogP contribution in [-0.4, -0.2) is 5.12 Å². The summed E-state index contributed by atoms with van der Waals surface area (Å²) >= 11 is 0. The Balaban J connectivity index is 2.11. The molecule has 0 N–H and O–H groups in total. The Labute approximate surface area is 134 Å². The molecule has 3 aromatic carbocycles. The van der Waals surface area contributed by atoms with Crippen molar-refractivity contribution in [2.45, 2.75) is 16.7 Å². The molecule has 0 amide bonds. The van der Waals surface area contributed by atoms with Gasteiger partial charge in [-0.25, -0.2) is 0 Å². The molecule has 22 heavy (non-hydrogen) atoms. The summed E-state index contributed by atoms with van der Waals surface area (Å²) in [7, 11) is -1.04. The van der Waals surface area contributed by atoms with E-state index in [4.69, 9.17) is 0 Å². The van der Waals surface area contributed by atoms with Gasteiger partial charge in [0.25, 0.3) is 0 Å². The van der Waals surface area contributed by atoms with Gasteiger partial charge >= 0.3 is 0 Å². The van der Waals surface area contributed by atoms with E-state index in [1.54, 1.807) is 0 Å². The van der Waals surface area contributed by atoms with Crippen molar-refractivity contribution in [3.8, 4) is 0 Å². The zero-order valence-electron chi connectivity index (χ0n) is 12.4. The van der Waals surface area contributed by atoms with E-state index in [9.17, 15) is 4.79 Å². The van der Waals surface area contributed by atoms with E-state index in [1.807, 2.05) is 67.6 Å². The van der Waals surface area contributed by atoms with Crippen LogP contribution < -0.4 is 0 Å². The molecule has 0 atom stereocenters. The Morgan fingerprint density at radius 2 is 1.14 bits per heavy atom. The van der Waals surface area contributed by atoms with Crippen molar-refractivity contribution < 1.29 is 4.79 Å². The SMILES string of the molecule is Cc1ccccc1C(=O)[SH](c1ccccc1)c1ccccc1. The number of benzene rings is 3. The highest BCUT2D eigenvalue weighted by Crippen LogP contribution is 2.47. The zero-order chi connectivity index (χ0) is 15.4. The monoisotopic (exact) mass is 306 g/mol. The second-order valence-corrected chi connectivity index (χ2v) is 7.24. The lowest BCUT2D eigenvalue weighted by atomic mass is 10.1. The van der Waals surface area contributed by atoms with E-state index in [0.717, 1.165) is 20.9 Å². The van der Waals surface area contributed by atoms with Gasteiger partial charge in [0.15, 0.2) is 0 Å². The summed E-state index contributed by atoms with van der Waals surface area (Å²) in [6.45, 7) is 2.00. The van der Waals surface area contributed by atoms with Crippen molar-refractivity contribution in [1.82, 2.24) is 0 Å². The van der Waals surface area contributed by atoms with Crippen LogP contribution in [0, 0.1) is 6.92 Å². The van der Waals surface area contributed by atoms with E-state index in [1.165, 1.54) is 0 Å². The number of carbonyl (C=O) groups is 1. The summed E-state index contributed by atoms with van der Waals surface area (Å²) in [5.74, 6) is 0. The van der Waals surface area contributed by atoms with Crippen molar-refractivity contribution in [1.29, 1.82) is 0 Å². The molecular weight excluding hydrogens is 288 g/mol. The predicted octanol–water partition coefficient (Wildman–Crippen LogP) is 5.25. The lowest BCUT2D eigenvalue weighted by Gasteiger charge is -2.22. The maximum Gasteiger partial charge on any atom is 0.208 e. The molecule has 0 aliphatic heterocycles. The van der Waals surface area contributed by atoms with Crippen LogP contribution in [0.2, 0.25) is 0 Å². The molecule has 110 valence electrons. The first-order chi connectivity index (χ1) is 10.8. The smallest absolute Gasteiger partial charge is 0.208 e. The average Bonchev–Trinajstić information content (AvgIpc) is 2.57. The Morgan fingerprint density at radius 3 is 1.64 bits per heavy atom. The van der Waals surface area contributed by atoms with Crippen LogP contribution in [0.25, 0.3) is 0 Å². The fourth-order valence-corrected chi connectivity index (χ4v) is 4.67. The van der Waals surface area contributed by atoms with Crippen molar-refractivity contribution in [3.05, 3.63) is 96.1 Å². The van der Waals surface area contributed by atoms with Gasteiger partial charge in [-0.05, 0) is 46.5 Å². The van der Waals surface area contributed by atoms with Gasteiger partial charge in [-0.1, -0.05) is 60.7 Å². The van der Waals surface area contributed by atoms with Crippen LogP contribution in [0.5, 0.6) is 0 Å². The van der Waals surface area contributed by atoms with Crippen LogP contribution >= 0.6 is 10.9 Å². The van der Waals surface area contributed by atoms with Gasteiger partial charge in [0.2, 0.25) is 5.12 Å². The molecule has 0 bridgehead atoms. The fourth-order valence-electron chi connectivity index (χ4n) is 2.47. The number of hydrogen-bond donors (Lipinski definition) is 1. The average molecular weight is 306 g/mol. The molecule has 0 radical (unpaired) electrons. The molecular formula is C20H18OS. The third-order valence-electron chi connectivity index (χ3n) is 3.61. The Bertz CT molecular complexity index is 726. The van der Waals surface area contributed by atoms with E-state index in [2.05, 4.69) is 24.3 Å². The topological polar surface area (TPSA) is 17.1 Å². The maximum absolute atomic E-state index is 13.2. The molecule has 1 nitrogen and oxygen atoms in total. The highest BCUT2D eigenvalue weighted by atomic mass is 32.2. The third kappa shape index (κ3) is 2.97. The number of rotatable bonds is 3. The molecule has 0 spiro atoms. The van der Waals surface area contributed by atoms with Gasteiger partial charge in [-0.15, -0.1) is 10.9 Å². The minimum Gasteiger partial charge on any atom is -0.283 e. The first-order valence-corrected chi connectivity index (χ1v) is 8.62. The summed E-state index contributed by atoms with van der Waals surface area (Å²) in [6.07, 6.45) is 0. The van der Waals surface area contributed by atoms with E-state index < -0.39 is 10.9 Å². The Kier molecular flexibility index (Phi) is 4.40. The van der Waals surface area contributed by atoms with E-state index in [-0.39, 0.29) is 5.12 Å². The summed E-state index contributed by atoms with van der Waals surface area (Å²) in [5, 5.41) is 0.213. The van der Waals surface area contributed by atoms with Gasteiger partial charge in [0.05, 0.1) is 0 Å². The number of thiol groups is 1. The van der Waals surface area contributed by atoms with Gasteiger partial charge in [-0.3, -0.25) is 4.79 Å². The molecule has 3 rings (SSSR count). The third-order valence-corrected chi connectivity index (χ3v) is 5.88. The Morgan fingerprint density at radius 1 is 0.682 bits per heavy atom. The number of aryl methyl sites for hydroxylation is 1. The summed E-state index contributed by atoms with van der Waals surface area (Å²) in [6, 6.07) is 28.0. The summed E-state index contributed by atoms with van der Waals surface area (Å²) in [5.41, 5.74) is 1.85. The first-order valence-electron chi connectivity index (χ1n) is 7.27. The molecule has 3 aromatic rings. The highest BCUT2D eigenvalue weighted by molar-refractivity contribution is 8.30. The zero-order valence-corrected chi connectivity index (χ0v) is 13.3. The maximum atomic E-state index is 13.2. The minimum atomic E-state index is -1.04. The van der Waals surface area contributed by atoms with Crippen LogP contribution in [0.4, 0.5) is 0 Å². The van der Waals surface area contributed by atoms with Crippen LogP contribution in [0.15, 0.2) is 94.7 Å². The van der Waals surface area contributed by atoms with Gasteiger partial charge in [0, 0.05) is 5.56 Å². The molecule has 0 heterocycles. The molecule has 0 aliphatic carbocycles. The number of carbonyl (C=O) groups excluding carboxylic acids is 1. The lowest BCUT2D eigenvalue weighted by molar-refractivity contribution is 0.108. The minimum absolute atomic E-state index is 0.213. The predicted molar refractivity (Wildman–Crippen MR) is 93.9 cm³/mol. The quantitative estimate of drug-likeness (QED) is 0.654. The second-order valence-electron chi connectivity index (χ2n) is 5.13. The van der Waals surface area contributed by atoms with Gasteiger partial charge in [0.1, 0.15) is 0 Å². The molecule has 0 fully saturated rings. The first kappa shape index (κ1) is 14.6. The second kappa shape index (κ2) is 6.63. The van der Waals surface area contributed by atoms with E-state index >= 15 is 0 Å². The standard InChI is InChI=1S/C20H18OS/c1-16-10-8-9-15-19(16)20(21)22(17-11-4-2-5-12-17)18-13-6-3-7-14-18/h2-15,22H,1H3. The summed E-state index contributed by atoms with van der Waals surface area (Å²) < 4.78 is 0. The van der Waals surface area contributed by atoms with Crippen LogP contribution in [-0.2, 0) is 0 Å². The van der Waals surface area contributed by atoms with Crippen LogP contribution in [0.3, 0.4) is 0 Å². The van der Waals surface area contributed by atoms with Crippen molar-refractivity contribution in [3.63, 3.8) is 0 Å². The highest BCUT2D eigenvalue weighted by Gasteiger charge is 2.21. The van der Waals surface area contributed by atoms with E-state index in [0.29, 0.717) is 0 Å². The molecule has 0 unspecified atom stereocenters. The molecule has 0 saturated heterocycles. The molecule has 2 heteroatoms. The lowest BCUT2D eigenvalue weighted by Crippen LogP contribution is -2.04. The Hall–Kier alpha value is -2.32. The van der Waals surface area contributed by atoms with Crippen molar-refractivity contribution in [2.75, 3.05) is 0 Å². The largest absolute Gasteiger partial charge is 0.283 e. The molecule has 0 aliphatic rings. The van der Waals surface area contributed by atoms with Crippen molar-refractivity contribution in [2.24, 2.45) is 0 Å². The normalized spacial score (nSPS) is 11.0. The van der Waals surface area contributed by atoms with Crippen molar-refractivity contribution >= 4 is 16.0 Å².